The molecule has 0 amide bonds. The largest absolute Gasteiger partial charge is 0.478 e. The number of nitrogens with one attached hydrogen (secondary N) is 1. The SMILES string of the molecule is C=C(NCc1cccc(C(F)(F)F)c1)c1ccc(C(C)C(C)Cc2ccc(-c3ccccc3C(=O)O)cc2)c(C(C)=C(C)C)c1. The smallest absolute Gasteiger partial charge is 0.416 e. The molecule has 2 N–H and O–H groups in total. The van der Waals surface area contributed by atoms with Gasteiger partial charge in [0.15, 0.2) is 0 Å². The number of carboxylic acids is 1. The monoisotopic (exact) mass is 611 g/mol. The molecule has 0 aliphatic heterocycles. The second kappa shape index (κ2) is 14.0. The summed E-state index contributed by atoms with van der Waals surface area (Å²) in [4.78, 5) is 11.7. The molecule has 2 atom stereocenters. The molecule has 2 unspecified atom stereocenters. The Morgan fingerprint density at radius 1 is 0.844 bits per heavy atom. The summed E-state index contributed by atoms with van der Waals surface area (Å²) in [7, 11) is 0. The van der Waals surface area contributed by atoms with Gasteiger partial charge in [-0.25, -0.2) is 4.79 Å². The van der Waals surface area contributed by atoms with E-state index in [0.29, 0.717) is 22.7 Å². The number of carboxylic acid groups (broad SMARTS) is 1. The van der Waals surface area contributed by atoms with Crippen LogP contribution in [0, 0.1) is 5.92 Å². The number of aromatic carboxylic acids is 1. The highest BCUT2D eigenvalue weighted by Crippen LogP contribution is 2.36. The molecule has 0 aliphatic rings. The second-order valence-electron chi connectivity index (χ2n) is 12.0. The van der Waals surface area contributed by atoms with E-state index in [4.69, 9.17) is 0 Å². The third kappa shape index (κ3) is 8.13. The van der Waals surface area contributed by atoms with Crippen LogP contribution in [0.15, 0.2) is 103 Å². The van der Waals surface area contributed by atoms with Gasteiger partial charge in [0.25, 0.3) is 0 Å². The van der Waals surface area contributed by atoms with Gasteiger partial charge in [0.05, 0.1) is 11.1 Å². The van der Waals surface area contributed by atoms with Gasteiger partial charge in [-0.1, -0.05) is 92.7 Å². The van der Waals surface area contributed by atoms with Crippen LogP contribution in [0.5, 0.6) is 0 Å². The van der Waals surface area contributed by atoms with E-state index in [1.165, 1.54) is 28.3 Å². The Morgan fingerprint density at radius 3 is 2.18 bits per heavy atom. The first-order valence-corrected chi connectivity index (χ1v) is 15.1. The molecular formula is C39H40F3NO2. The van der Waals surface area contributed by atoms with Gasteiger partial charge < -0.3 is 10.4 Å². The first kappa shape index (κ1) is 33.3. The van der Waals surface area contributed by atoms with E-state index in [2.05, 4.69) is 70.8 Å². The van der Waals surface area contributed by atoms with Crippen LogP contribution in [-0.2, 0) is 19.1 Å². The van der Waals surface area contributed by atoms with Gasteiger partial charge in [-0.15, -0.1) is 0 Å². The van der Waals surface area contributed by atoms with Crippen molar-refractivity contribution in [3.8, 4) is 11.1 Å². The van der Waals surface area contributed by atoms with E-state index < -0.39 is 17.7 Å². The number of allylic oxidation sites excluding steroid dienone is 2. The molecule has 0 aromatic heterocycles. The number of hydrogen-bond acceptors (Lipinski definition) is 2. The summed E-state index contributed by atoms with van der Waals surface area (Å²) in [5.74, 6) is -0.415. The summed E-state index contributed by atoms with van der Waals surface area (Å²) < 4.78 is 39.5. The zero-order chi connectivity index (χ0) is 32.9. The van der Waals surface area contributed by atoms with Crippen molar-refractivity contribution in [2.24, 2.45) is 5.92 Å². The van der Waals surface area contributed by atoms with Crippen molar-refractivity contribution < 1.29 is 23.1 Å². The lowest BCUT2D eigenvalue weighted by atomic mass is 9.80. The zero-order valence-corrected chi connectivity index (χ0v) is 26.4. The normalized spacial score (nSPS) is 12.7. The molecule has 0 spiro atoms. The highest BCUT2D eigenvalue weighted by molar-refractivity contribution is 5.96. The van der Waals surface area contributed by atoms with Gasteiger partial charge in [0.2, 0.25) is 0 Å². The maximum absolute atomic E-state index is 13.2. The second-order valence-corrected chi connectivity index (χ2v) is 12.0. The summed E-state index contributed by atoms with van der Waals surface area (Å²) in [6.07, 6.45) is -3.53. The molecule has 0 radical (unpaired) electrons. The minimum Gasteiger partial charge on any atom is -0.478 e. The zero-order valence-electron chi connectivity index (χ0n) is 26.4. The van der Waals surface area contributed by atoms with Gasteiger partial charge in [-0.3, -0.25) is 0 Å². The predicted octanol–water partition coefficient (Wildman–Crippen LogP) is 10.6. The van der Waals surface area contributed by atoms with Crippen molar-refractivity contribution in [1.29, 1.82) is 0 Å². The van der Waals surface area contributed by atoms with E-state index in [1.54, 1.807) is 18.2 Å². The molecule has 0 saturated heterocycles. The highest BCUT2D eigenvalue weighted by atomic mass is 19.4. The van der Waals surface area contributed by atoms with Gasteiger partial charge in [-0.05, 0) is 108 Å². The summed E-state index contributed by atoms with van der Waals surface area (Å²) in [5.41, 5.74) is 9.17. The summed E-state index contributed by atoms with van der Waals surface area (Å²) in [5, 5.41) is 12.8. The summed E-state index contributed by atoms with van der Waals surface area (Å²) >= 11 is 0. The number of hydrogen-bond donors (Lipinski definition) is 2. The van der Waals surface area contributed by atoms with Crippen molar-refractivity contribution in [3.05, 3.63) is 142 Å². The van der Waals surface area contributed by atoms with Crippen LogP contribution in [-0.4, -0.2) is 11.1 Å². The maximum Gasteiger partial charge on any atom is 0.416 e. The average Bonchev–Trinajstić information content (AvgIpc) is 3.02. The summed E-state index contributed by atoms with van der Waals surface area (Å²) in [6, 6.07) is 26.8. The van der Waals surface area contributed by atoms with Crippen LogP contribution in [0.1, 0.15) is 84.3 Å². The van der Waals surface area contributed by atoms with Crippen LogP contribution in [0.3, 0.4) is 0 Å². The van der Waals surface area contributed by atoms with E-state index in [1.807, 2.05) is 30.3 Å². The topological polar surface area (TPSA) is 49.3 Å². The Balaban J connectivity index is 1.52. The lowest BCUT2D eigenvalue weighted by molar-refractivity contribution is -0.137. The van der Waals surface area contributed by atoms with Crippen molar-refractivity contribution >= 4 is 17.2 Å². The van der Waals surface area contributed by atoms with Gasteiger partial charge >= 0.3 is 12.1 Å². The van der Waals surface area contributed by atoms with Crippen molar-refractivity contribution in [2.45, 2.75) is 59.7 Å². The quantitative estimate of drug-likeness (QED) is 0.177. The molecule has 0 bridgehead atoms. The molecule has 4 rings (SSSR count). The Labute approximate surface area is 264 Å². The van der Waals surface area contributed by atoms with Gasteiger partial charge in [0, 0.05) is 12.2 Å². The fourth-order valence-electron chi connectivity index (χ4n) is 5.50. The van der Waals surface area contributed by atoms with Crippen LogP contribution >= 0.6 is 0 Å². The first-order valence-electron chi connectivity index (χ1n) is 15.1. The molecule has 0 fully saturated rings. The Kier molecular flexibility index (Phi) is 10.4. The van der Waals surface area contributed by atoms with Gasteiger partial charge in [-0.2, -0.15) is 13.2 Å². The van der Waals surface area contributed by atoms with E-state index >= 15 is 0 Å². The van der Waals surface area contributed by atoms with E-state index in [-0.39, 0.29) is 18.0 Å². The molecule has 45 heavy (non-hydrogen) atoms. The fourth-order valence-corrected chi connectivity index (χ4v) is 5.50. The van der Waals surface area contributed by atoms with E-state index in [9.17, 15) is 23.1 Å². The van der Waals surface area contributed by atoms with Crippen LogP contribution < -0.4 is 5.32 Å². The third-order valence-corrected chi connectivity index (χ3v) is 8.64. The highest BCUT2D eigenvalue weighted by Gasteiger charge is 2.30. The number of carbonyl (C=O) groups is 1. The van der Waals surface area contributed by atoms with E-state index in [0.717, 1.165) is 35.2 Å². The lowest BCUT2D eigenvalue weighted by Crippen LogP contribution is -2.14. The lowest BCUT2D eigenvalue weighted by Gasteiger charge is -2.25. The number of benzene rings is 4. The number of alkyl halides is 3. The molecule has 4 aromatic carbocycles. The Hall–Kier alpha value is -4.58. The van der Waals surface area contributed by atoms with Crippen LogP contribution in [0.4, 0.5) is 13.2 Å². The molecule has 234 valence electrons. The van der Waals surface area contributed by atoms with Crippen LogP contribution in [0.2, 0.25) is 0 Å². The molecule has 0 saturated carbocycles. The molecule has 3 nitrogen and oxygen atoms in total. The fraction of sp³-hybridized carbons (Fsp3) is 0.256. The third-order valence-electron chi connectivity index (χ3n) is 8.64. The molecule has 4 aromatic rings. The number of halogens is 3. The molecule has 0 aliphatic carbocycles. The standard InChI is InChI=1S/C39H40F3NO2/c1-24(2)26(4)37-22-32(28(6)43-23-30-10-9-11-33(21-30)39(40,41)42)18-19-34(37)27(5)25(3)20-29-14-16-31(17-15-29)35-12-7-8-13-36(35)38(44)45/h7-19,21-22,25,27,43H,6,20,23H2,1-5H3,(H,44,45). The Morgan fingerprint density at radius 2 is 1.53 bits per heavy atom. The Bertz CT molecular complexity index is 1710. The molecule has 6 heteroatoms. The molecular weight excluding hydrogens is 571 g/mol. The molecule has 0 heterocycles. The minimum absolute atomic E-state index is 0.224. The maximum atomic E-state index is 13.2. The summed E-state index contributed by atoms with van der Waals surface area (Å²) in [6.45, 7) is 15.2. The van der Waals surface area contributed by atoms with Crippen LogP contribution in [0.25, 0.3) is 22.4 Å². The van der Waals surface area contributed by atoms with Crippen molar-refractivity contribution in [1.82, 2.24) is 5.32 Å². The predicted molar refractivity (Wildman–Crippen MR) is 178 cm³/mol. The first-order chi connectivity index (χ1) is 21.3. The minimum atomic E-state index is -4.38. The van der Waals surface area contributed by atoms with Crippen molar-refractivity contribution in [2.75, 3.05) is 0 Å². The average molecular weight is 612 g/mol. The van der Waals surface area contributed by atoms with Crippen molar-refractivity contribution in [3.63, 3.8) is 0 Å². The number of rotatable bonds is 11. The van der Waals surface area contributed by atoms with Gasteiger partial charge in [0.1, 0.15) is 0 Å².